The maximum Gasteiger partial charge on any atom is 0.225 e. The Kier molecular flexibility index (Phi) is 5.23. The Bertz CT molecular complexity index is 790. The summed E-state index contributed by atoms with van der Waals surface area (Å²) in [6.45, 7) is 3.28. The molecule has 3 aromatic rings. The van der Waals surface area contributed by atoms with Gasteiger partial charge in [0.2, 0.25) is 5.95 Å². The van der Waals surface area contributed by atoms with Crippen molar-refractivity contribution >= 4 is 23.4 Å². The molecular weight excluding hydrogens is 322 g/mol. The van der Waals surface area contributed by atoms with Crippen LogP contribution in [0.4, 0.5) is 11.8 Å². The molecule has 0 unspecified atom stereocenters. The maximum absolute atomic E-state index is 5.90. The Hall–Kier alpha value is -2.66. The van der Waals surface area contributed by atoms with Crippen LogP contribution in [0.1, 0.15) is 16.8 Å². The first-order chi connectivity index (χ1) is 11.7. The van der Waals surface area contributed by atoms with Crippen molar-refractivity contribution in [3.05, 3.63) is 76.7 Å². The van der Waals surface area contributed by atoms with Gasteiger partial charge in [-0.25, -0.2) is 4.98 Å². The van der Waals surface area contributed by atoms with E-state index in [0.717, 1.165) is 27.7 Å². The van der Waals surface area contributed by atoms with Crippen LogP contribution < -0.4 is 10.6 Å². The molecule has 122 valence electrons. The van der Waals surface area contributed by atoms with E-state index in [1.807, 2.05) is 49.4 Å². The number of aromatic nitrogens is 3. The van der Waals surface area contributed by atoms with Gasteiger partial charge in [0.15, 0.2) is 0 Å². The summed E-state index contributed by atoms with van der Waals surface area (Å²) in [4.78, 5) is 12.9. The average Bonchev–Trinajstić information content (AvgIpc) is 2.60. The van der Waals surface area contributed by atoms with E-state index in [-0.39, 0.29) is 0 Å². The third-order valence-corrected chi connectivity index (χ3v) is 3.69. The summed E-state index contributed by atoms with van der Waals surface area (Å²) < 4.78 is 0. The van der Waals surface area contributed by atoms with E-state index in [2.05, 4.69) is 25.6 Å². The fourth-order valence-corrected chi connectivity index (χ4v) is 2.34. The van der Waals surface area contributed by atoms with Crippen LogP contribution >= 0.6 is 11.6 Å². The summed E-state index contributed by atoms with van der Waals surface area (Å²) in [6.07, 6.45) is 3.54. The number of rotatable bonds is 6. The molecule has 0 saturated heterocycles. The molecule has 0 aliphatic heterocycles. The van der Waals surface area contributed by atoms with Gasteiger partial charge in [0.1, 0.15) is 5.82 Å². The molecule has 0 aliphatic carbocycles. The highest BCUT2D eigenvalue weighted by molar-refractivity contribution is 6.30. The van der Waals surface area contributed by atoms with Crippen LogP contribution in [0.5, 0.6) is 0 Å². The number of hydrogen-bond donors (Lipinski definition) is 2. The summed E-state index contributed by atoms with van der Waals surface area (Å²) in [5.41, 5.74) is 3.17. The van der Waals surface area contributed by atoms with Gasteiger partial charge in [0.05, 0.1) is 0 Å². The average molecular weight is 340 g/mol. The first kappa shape index (κ1) is 16.2. The van der Waals surface area contributed by atoms with Crippen LogP contribution in [0.25, 0.3) is 0 Å². The van der Waals surface area contributed by atoms with Crippen molar-refractivity contribution in [2.24, 2.45) is 0 Å². The summed E-state index contributed by atoms with van der Waals surface area (Å²) in [5, 5.41) is 7.29. The quantitative estimate of drug-likeness (QED) is 0.709. The molecule has 0 fully saturated rings. The van der Waals surface area contributed by atoms with Crippen LogP contribution in [-0.2, 0) is 13.1 Å². The van der Waals surface area contributed by atoms with Crippen molar-refractivity contribution in [2.45, 2.75) is 20.0 Å². The third-order valence-electron chi connectivity index (χ3n) is 3.44. The van der Waals surface area contributed by atoms with Gasteiger partial charge < -0.3 is 10.6 Å². The van der Waals surface area contributed by atoms with E-state index in [4.69, 9.17) is 11.6 Å². The zero-order valence-corrected chi connectivity index (χ0v) is 14.1. The molecule has 5 nitrogen and oxygen atoms in total. The predicted octanol–water partition coefficient (Wildman–Crippen LogP) is 4.06. The smallest absolute Gasteiger partial charge is 0.225 e. The molecule has 6 heteroatoms. The minimum absolute atomic E-state index is 0.602. The normalized spacial score (nSPS) is 10.4. The van der Waals surface area contributed by atoms with Crippen molar-refractivity contribution in [3.8, 4) is 0 Å². The van der Waals surface area contributed by atoms with E-state index in [1.165, 1.54) is 0 Å². The summed E-state index contributed by atoms with van der Waals surface area (Å²) in [5.74, 6) is 1.39. The fourth-order valence-electron chi connectivity index (χ4n) is 2.21. The van der Waals surface area contributed by atoms with Crippen molar-refractivity contribution in [3.63, 3.8) is 0 Å². The zero-order valence-electron chi connectivity index (χ0n) is 13.3. The molecule has 0 bridgehead atoms. The van der Waals surface area contributed by atoms with E-state index in [0.29, 0.717) is 19.0 Å². The molecule has 2 N–H and O–H groups in total. The van der Waals surface area contributed by atoms with Crippen LogP contribution in [0, 0.1) is 6.92 Å². The maximum atomic E-state index is 5.90. The molecule has 0 radical (unpaired) electrons. The predicted molar refractivity (Wildman–Crippen MR) is 97.1 cm³/mol. The number of halogens is 1. The van der Waals surface area contributed by atoms with Crippen LogP contribution in [0.2, 0.25) is 5.02 Å². The molecule has 3 rings (SSSR count). The van der Waals surface area contributed by atoms with Crippen molar-refractivity contribution in [1.29, 1.82) is 0 Å². The van der Waals surface area contributed by atoms with Crippen molar-refractivity contribution in [1.82, 2.24) is 15.0 Å². The Labute approximate surface area is 146 Å². The van der Waals surface area contributed by atoms with E-state index < -0.39 is 0 Å². The number of nitrogens with one attached hydrogen (secondary N) is 2. The van der Waals surface area contributed by atoms with Gasteiger partial charge in [-0.05, 0) is 42.3 Å². The van der Waals surface area contributed by atoms with Gasteiger partial charge in [0, 0.05) is 42.3 Å². The lowest BCUT2D eigenvalue weighted by molar-refractivity contribution is 1.01. The van der Waals surface area contributed by atoms with Gasteiger partial charge >= 0.3 is 0 Å². The lowest BCUT2D eigenvalue weighted by Crippen LogP contribution is -2.08. The van der Waals surface area contributed by atoms with E-state index in [9.17, 15) is 0 Å². The summed E-state index contributed by atoms with van der Waals surface area (Å²) in [7, 11) is 0. The topological polar surface area (TPSA) is 62.7 Å². The number of benzene rings is 1. The van der Waals surface area contributed by atoms with Gasteiger partial charge in [-0.2, -0.15) is 4.98 Å². The number of nitrogens with zero attached hydrogens (tertiary/aromatic N) is 3. The fraction of sp³-hybridized carbons (Fsp3) is 0.167. The Morgan fingerprint density at radius 3 is 2.29 bits per heavy atom. The van der Waals surface area contributed by atoms with Crippen LogP contribution in [-0.4, -0.2) is 15.0 Å². The van der Waals surface area contributed by atoms with Gasteiger partial charge in [-0.15, -0.1) is 0 Å². The number of aryl methyl sites for hydroxylation is 1. The van der Waals surface area contributed by atoms with Crippen LogP contribution in [0.15, 0.2) is 54.9 Å². The molecular formula is C18H18ClN5. The summed E-state index contributed by atoms with van der Waals surface area (Å²) in [6, 6.07) is 13.6. The Morgan fingerprint density at radius 2 is 1.54 bits per heavy atom. The van der Waals surface area contributed by atoms with Crippen LogP contribution in [0.3, 0.4) is 0 Å². The summed E-state index contributed by atoms with van der Waals surface area (Å²) >= 11 is 5.90. The second-order valence-electron chi connectivity index (χ2n) is 5.41. The lowest BCUT2D eigenvalue weighted by Gasteiger charge is -2.10. The zero-order chi connectivity index (χ0) is 16.8. The highest BCUT2D eigenvalue weighted by atomic mass is 35.5. The molecule has 0 amide bonds. The van der Waals surface area contributed by atoms with Crippen molar-refractivity contribution in [2.75, 3.05) is 10.6 Å². The monoisotopic (exact) mass is 339 g/mol. The van der Waals surface area contributed by atoms with Crippen molar-refractivity contribution < 1.29 is 0 Å². The highest BCUT2D eigenvalue weighted by Gasteiger charge is 2.03. The third kappa shape index (κ3) is 4.67. The standard InChI is InChI=1S/C18H18ClN5/c1-13-10-17(21-11-14-2-4-16(19)5-3-14)24-18(23-13)22-12-15-6-8-20-9-7-15/h2-10H,11-12H2,1H3,(H2,21,22,23,24). The molecule has 0 aliphatic rings. The SMILES string of the molecule is Cc1cc(NCc2ccc(Cl)cc2)nc(NCc2ccncc2)n1. The Morgan fingerprint density at radius 1 is 0.875 bits per heavy atom. The van der Waals surface area contributed by atoms with Gasteiger partial charge in [-0.1, -0.05) is 23.7 Å². The van der Waals surface area contributed by atoms with Gasteiger partial charge in [0.25, 0.3) is 0 Å². The second-order valence-corrected chi connectivity index (χ2v) is 5.84. The first-order valence-electron chi connectivity index (χ1n) is 7.66. The second kappa shape index (κ2) is 7.75. The largest absolute Gasteiger partial charge is 0.366 e. The minimum atomic E-state index is 0.602. The minimum Gasteiger partial charge on any atom is -0.366 e. The number of anilines is 2. The molecule has 0 spiro atoms. The van der Waals surface area contributed by atoms with E-state index in [1.54, 1.807) is 12.4 Å². The molecule has 1 aromatic carbocycles. The number of hydrogen-bond acceptors (Lipinski definition) is 5. The van der Waals surface area contributed by atoms with Gasteiger partial charge in [-0.3, -0.25) is 4.98 Å². The molecule has 0 saturated carbocycles. The van der Waals surface area contributed by atoms with E-state index >= 15 is 0 Å². The molecule has 2 aromatic heterocycles. The molecule has 24 heavy (non-hydrogen) atoms. The lowest BCUT2D eigenvalue weighted by atomic mass is 10.2. The Balaban J connectivity index is 1.63. The highest BCUT2D eigenvalue weighted by Crippen LogP contribution is 2.14. The molecule has 2 heterocycles. The number of pyridine rings is 1. The molecule has 0 atom stereocenters. The first-order valence-corrected chi connectivity index (χ1v) is 8.03.